The Kier molecular flexibility index (Phi) is 75.3. The van der Waals surface area contributed by atoms with E-state index in [2.05, 4.69) is 19.2 Å². The average molecular weight is 1220 g/mol. The minimum atomic E-state index is -0.659. The van der Waals surface area contributed by atoms with Crippen molar-refractivity contribution in [1.82, 2.24) is 5.32 Å². The van der Waals surface area contributed by atoms with Gasteiger partial charge in [0.15, 0.2) is 0 Å². The van der Waals surface area contributed by atoms with E-state index in [1.165, 1.54) is 405 Å². The zero-order valence-corrected chi connectivity index (χ0v) is 59.1. The second-order valence-corrected chi connectivity index (χ2v) is 28.1. The van der Waals surface area contributed by atoms with E-state index in [-0.39, 0.29) is 18.5 Å². The van der Waals surface area contributed by atoms with Gasteiger partial charge in [-0.3, -0.25) is 9.59 Å². The number of aliphatic hydroxyl groups excluding tert-OH is 2. The molecule has 0 spiro atoms. The van der Waals surface area contributed by atoms with E-state index in [1.807, 2.05) is 0 Å². The summed E-state index contributed by atoms with van der Waals surface area (Å²) in [6, 6.07) is -0.535. The van der Waals surface area contributed by atoms with Crippen LogP contribution in [0.25, 0.3) is 0 Å². The van der Waals surface area contributed by atoms with Gasteiger partial charge in [-0.15, -0.1) is 0 Å². The Labute approximate surface area is 540 Å². The first kappa shape index (κ1) is 84.9. The van der Waals surface area contributed by atoms with E-state index < -0.39 is 12.1 Å². The van der Waals surface area contributed by atoms with E-state index in [0.29, 0.717) is 25.9 Å². The first-order valence-electron chi connectivity index (χ1n) is 40.3. The highest BCUT2D eigenvalue weighted by Crippen LogP contribution is 2.21. The van der Waals surface area contributed by atoms with Gasteiger partial charge in [0.25, 0.3) is 0 Å². The summed E-state index contributed by atoms with van der Waals surface area (Å²) >= 11 is 0. The molecule has 86 heavy (non-hydrogen) atoms. The number of nitrogens with one attached hydrogen (secondary N) is 1. The Balaban J connectivity index is 3.27. The van der Waals surface area contributed by atoms with Crippen molar-refractivity contribution in [2.45, 2.75) is 488 Å². The molecule has 0 fully saturated rings. The summed E-state index contributed by atoms with van der Waals surface area (Å²) in [6.45, 7) is 5.01. The quantitative estimate of drug-likeness (QED) is 0.0417. The summed E-state index contributed by atoms with van der Waals surface area (Å²) in [7, 11) is 0. The van der Waals surface area contributed by atoms with Crippen molar-refractivity contribution in [3.63, 3.8) is 0 Å². The molecule has 0 radical (unpaired) electrons. The van der Waals surface area contributed by atoms with Crippen LogP contribution < -0.4 is 5.32 Å². The predicted octanol–water partition coefficient (Wildman–Crippen LogP) is 26.5. The first-order valence-corrected chi connectivity index (χ1v) is 40.3. The lowest BCUT2D eigenvalue weighted by atomic mass is 10.0. The highest BCUT2D eigenvalue weighted by Gasteiger charge is 2.20. The Morgan fingerprint density at radius 1 is 0.279 bits per heavy atom. The average Bonchev–Trinajstić information content (AvgIpc) is 3.51. The molecule has 0 aromatic heterocycles. The van der Waals surface area contributed by atoms with Gasteiger partial charge in [0.2, 0.25) is 5.91 Å². The number of aliphatic hydroxyl groups is 2. The van der Waals surface area contributed by atoms with E-state index in [1.54, 1.807) is 0 Å². The van der Waals surface area contributed by atoms with Gasteiger partial charge in [-0.2, -0.15) is 0 Å². The Morgan fingerprint density at radius 3 is 0.709 bits per heavy atom. The lowest BCUT2D eigenvalue weighted by Gasteiger charge is -2.22. The van der Waals surface area contributed by atoms with Gasteiger partial charge in [0.05, 0.1) is 25.4 Å². The van der Waals surface area contributed by atoms with Gasteiger partial charge in [0, 0.05) is 12.8 Å². The fourth-order valence-electron chi connectivity index (χ4n) is 13.3. The number of amides is 1. The van der Waals surface area contributed by atoms with E-state index in [9.17, 15) is 19.8 Å². The minimum absolute atomic E-state index is 0.0253. The molecule has 0 aliphatic rings. The van der Waals surface area contributed by atoms with Crippen molar-refractivity contribution in [2.24, 2.45) is 0 Å². The highest BCUT2D eigenvalue weighted by molar-refractivity contribution is 5.76. The fourth-order valence-corrected chi connectivity index (χ4v) is 13.3. The molecule has 2 atom stereocenters. The van der Waals surface area contributed by atoms with Gasteiger partial charge in [-0.1, -0.05) is 438 Å². The summed E-state index contributed by atoms with van der Waals surface area (Å²) < 4.78 is 5.52. The Hall–Kier alpha value is -1.14. The molecule has 0 aliphatic carbocycles. The molecule has 0 bridgehead atoms. The summed E-state index contributed by atoms with van der Waals surface area (Å²) in [6.07, 6.45) is 95.0. The zero-order chi connectivity index (χ0) is 62.0. The van der Waals surface area contributed by atoms with Crippen LogP contribution in [-0.4, -0.2) is 47.4 Å². The third-order valence-electron chi connectivity index (χ3n) is 19.4. The summed E-state index contributed by atoms with van der Waals surface area (Å²) in [5.41, 5.74) is 0. The Morgan fingerprint density at radius 2 is 0.477 bits per heavy atom. The van der Waals surface area contributed by atoms with E-state index in [0.717, 1.165) is 38.5 Å². The van der Waals surface area contributed by atoms with Crippen molar-refractivity contribution in [3.05, 3.63) is 0 Å². The summed E-state index contributed by atoms with van der Waals surface area (Å²) in [5.74, 6) is 0.00387. The molecule has 0 aromatic rings. The number of hydrogen-bond acceptors (Lipinski definition) is 5. The third kappa shape index (κ3) is 71.9. The van der Waals surface area contributed by atoms with Crippen LogP contribution in [0, 0.1) is 0 Å². The number of rotatable bonds is 77. The number of esters is 1. The topological polar surface area (TPSA) is 95.9 Å². The van der Waals surface area contributed by atoms with Crippen LogP contribution in [0.5, 0.6) is 0 Å². The summed E-state index contributed by atoms with van der Waals surface area (Å²) in [5, 5.41) is 23.3. The molecular formula is C80H159NO5. The molecule has 3 N–H and O–H groups in total. The lowest BCUT2D eigenvalue weighted by molar-refractivity contribution is -0.143. The van der Waals surface area contributed by atoms with Crippen LogP contribution >= 0.6 is 0 Å². The van der Waals surface area contributed by atoms with Crippen molar-refractivity contribution in [1.29, 1.82) is 0 Å². The molecule has 0 saturated heterocycles. The van der Waals surface area contributed by atoms with E-state index >= 15 is 0 Å². The zero-order valence-electron chi connectivity index (χ0n) is 59.1. The van der Waals surface area contributed by atoms with Gasteiger partial charge in [-0.05, 0) is 25.7 Å². The van der Waals surface area contributed by atoms with Crippen LogP contribution in [0.15, 0.2) is 0 Å². The molecule has 0 aromatic carbocycles. The molecule has 0 heterocycles. The standard InChI is InChI=1S/C80H159NO5/c1-3-5-7-9-11-13-15-17-19-20-43-46-50-54-58-62-66-70-74-80(85)86-75-71-67-63-59-55-51-47-44-41-39-37-35-33-31-29-27-25-23-21-22-24-26-28-30-32-34-36-38-40-42-45-49-53-57-61-65-69-73-79(84)81-77(76-82)78(83)72-68-64-60-56-52-48-18-16-14-12-10-8-6-4-2/h77-78,82-83H,3-76H2,1-2H3,(H,81,84). The second-order valence-electron chi connectivity index (χ2n) is 28.1. The number of unbranched alkanes of at least 4 members (excludes halogenated alkanes) is 66. The third-order valence-corrected chi connectivity index (χ3v) is 19.4. The molecule has 514 valence electrons. The molecule has 1 amide bonds. The van der Waals surface area contributed by atoms with Gasteiger partial charge in [0.1, 0.15) is 0 Å². The van der Waals surface area contributed by atoms with Gasteiger partial charge in [-0.25, -0.2) is 0 Å². The summed E-state index contributed by atoms with van der Waals surface area (Å²) in [4.78, 5) is 24.6. The minimum Gasteiger partial charge on any atom is -0.466 e. The SMILES string of the molecule is CCCCCCCCCCCCCCCCCCCCC(=O)OCCCCCCCCCCCCCCCCCCCCCCCCCCCCCCCCCCCCCCCC(=O)NC(CO)C(O)CCCCCCCCCCCCCCCC. The normalized spacial score (nSPS) is 12.4. The lowest BCUT2D eigenvalue weighted by Crippen LogP contribution is -2.45. The molecule has 0 saturated carbocycles. The van der Waals surface area contributed by atoms with Gasteiger partial charge >= 0.3 is 5.97 Å². The molecule has 0 rings (SSSR count). The maximum atomic E-state index is 12.5. The maximum absolute atomic E-state index is 12.5. The maximum Gasteiger partial charge on any atom is 0.305 e. The van der Waals surface area contributed by atoms with Crippen LogP contribution in [0.2, 0.25) is 0 Å². The number of ether oxygens (including phenoxy) is 1. The predicted molar refractivity (Wildman–Crippen MR) is 380 cm³/mol. The first-order chi connectivity index (χ1) is 42.5. The molecule has 0 aliphatic heterocycles. The van der Waals surface area contributed by atoms with Crippen LogP contribution in [0.3, 0.4) is 0 Å². The van der Waals surface area contributed by atoms with Crippen molar-refractivity contribution in [2.75, 3.05) is 13.2 Å². The van der Waals surface area contributed by atoms with Crippen LogP contribution in [0.1, 0.15) is 476 Å². The second kappa shape index (κ2) is 76.3. The molecule has 6 heteroatoms. The van der Waals surface area contributed by atoms with Crippen molar-refractivity contribution < 1.29 is 24.5 Å². The van der Waals surface area contributed by atoms with Crippen LogP contribution in [0.4, 0.5) is 0 Å². The molecule has 2 unspecified atom stereocenters. The van der Waals surface area contributed by atoms with Gasteiger partial charge < -0.3 is 20.3 Å². The smallest absolute Gasteiger partial charge is 0.305 e. The Bertz CT molecular complexity index is 1260. The van der Waals surface area contributed by atoms with Crippen LogP contribution in [-0.2, 0) is 14.3 Å². The largest absolute Gasteiger partial charge is 0.466 e. The highest BCUT2D eigenvalue weighted by atomic mass is 16.5. The fraction of sp³-hybridized carbons (Fsp3) is 0.975. The number of carbonyl (C=O) groups excluding carboxylic acids is 2. The molecule has 6 nitrogen and oxygen atoms in total. The van der Waals surface area contributed by atoms with E-state index in [4.69, 9.17) is 4.74 Å². The number of hydrogen-bond donors (Lipinski definition) is 3. The number of carbonyl (C=O) groups is 2. The van der Waals surface area contributed by atoms with Crippen molar-refractivity contribution >= 4 is 11.9 Å². The van der Waals surface area contributed by atoms with Crippen molar-refractivity contribution in [3.8, 4) is 0 Å². The monoisotopic (exact) mass is 1210 g/mol. The molecular weight excluding hydrogens is 1050 g/mol.